The molecule has 1 aromatic carbocycles. The monoisotopic (exact) mass is 238 g/mol. The van der Waals surface area contributed by atoms with E-state index in [0.29, 0.717) is 5.56 Å². The van der Waals surface area contributed by atoms with E-state index in [0.717, 1.165) is 12.0 Å². The van der Waals surface area contributed by atoms with E-state index in [1.54, 1.807) is 0 Å². The van der Waals surface area contributed by atoms with Gasteiger partial charge in [-0.1, -0.05) is 38.3 Å². The minimum atomic E-state index is 0. The number of benzene rings is 1. The van der Waals surface area contributed by atoms with Crippen molar-refractivity contribution in [2.45, 2.75) is 38.6 Å². The second-order valence-electron chi connectivity index (χ2n) is 3.84. The fourth-order valence-electron chi connectivity index (χ4n) is 1.59. The van der Waals surface area contributed by atoms with E-state index in [1.165, 1.54) is 19.3 Å². The van der Waals surface area contributed by atoms with E-state index in [9.17, 15) is 0 Å². The number of unbranched alkanes of at least 4 members (excludes halogenated alkanes) is 2. The molecule has 0 bridgehead atoms. The highest BCUT2D eigenvalue weighted by molar-refractivity contribution is 5.85. The van der Waals surface area contributed by atoms with Crippen LogP contribution in [0.4, 0.5) is 0 Å². The van der Waals surface area contributed by atoms with Crippen LogP contribution in [0.5, 0.6) is 0 Å². The van der Waals surface area contributed by atoms with Crippen molar-refractivity contribution in [3.63, 3.8) is 0 Å². The first-order chi connectivity index (χ1) is 7.27. The zero-order valence-electron chi connectivity index (χ0n) is 9.65. The molecular formula is C13H19ClN2. The van der Waals surface area contributed by atoms with Crippen LogP contribution in [-0.4, -0.2) is 0 Å². The van der Waals surface area contributed by atoms with Crippen LogP contribution in [0.1, 0.15) is 49.8 Å². The van der Waals surface area contributed by atoms with E-state index in [2.05, 4.69) is 13.0 Å². The highest BCUT2D eigenvalue weighted by Gasteiger charge is 2.04. The van der Waals surface area contributed by atoms with Gasteiger partial charge in [0.05, 0.1) is 11.6 Å². The zero-order valence-corrected chi connectivity index (χ0v) is 10.5. The van der Waals surface area contributed by atoms with Gasteiger partial charge in [0.15, 0.2) is 0 Å². The lowest BCUT2D eigenvalue weighted by molar-refractivity contribution is 0.581. The Morgan fingerprint density at radius 2 is 1.88 bits per heavy atom. The summed E-state index contributed by atoms with van der Waals surface area (Å²) in [6, 6.07) is 9.78. The first kappa shape index (κ1) is 15.0. The van der Waals surface area contributed by atoms with Crippen LogP contribution in [0.15, 0.2) is 24.3 Å². The van der Waals surface area contributed by atoms with Crippen molar-refractivity contribution in [2.75, 3.05) is 0 Å². The third kappa shape index (κ3) is 4.65. The van der Waals surface area contributed by atoms with Crippen molar-refractivity contribution >= 4 is 12.4 Å². The molecule has 1 atom stereocenters. The first-order valence-corrected chi connectivity index (χ1v) is 5.53. The van der Waals surface area contributed by atoms with Gasteiger partial charge in [-0.3, -0.25) is 0 Å². The molecule has 88 valence electrons. The van der Waals surface area contributed by atoms with Crippen LogP contribution < -0.4 is 5.73 Å². The molecule has 0 aromatic heterocycles. The lowest BCUT2D eigenvalue weighted by Gasteiger charge is -2.11. The molecule has 0 aliphatic carbocycles. The molecule has 0 amide bonds. The second kappa shape index (κ2) is 8.15. The van der Waals surface area contributed by atoms with Crippen LogP contribution >= 0.6 is 12.4 Å². The number of nitriles is 1. The molecule has 16 heavy (non-hydrogen) atoms. The molecule has 0 fully saturated rings. The highest BCUT2D eigenvalue weighted by Crippen LogP contribution is 2.17. The molecule has 2 nitrogen and oxygen atoms in total. The molecule has 0 saturated carbocycles. The molecule has 1 aromatic rings. The Balaban J connectivity index is 0.00000225. The Morgan fingerprint density at radius 1 is 1.25 bits per heavy atom. The SMILES string of the molecule is CCCCC[C@@H](N)c1ccc(C#N)cc1.Cl. The topological polar surface area (TPSA) is 49.8 Å². The standard InChI is InChI=1S/C13H18N2.ClH/c1-2-3-4-5-13(15)12-8-6-11(10-14)7-9-12;/h6-9,13H,2-5,15H2,1H3;1H/t13-;/m1./s1. The second-order valence-corrected chi connectivity index (χ2v) is 3.84. The van der Waals surface area contributed by atoms with Crippen molar-refractivity contribution in [3.05, 3.63) is 35.4 Å². The summed E-state index contributed by atoms with van der Waals surface area (Å²) in [5.74, 6) is 0. The summed E-state index contributed by atoms with van der Waals surface area (Å²) in [4.78, 5) is 0. The predicted octanol–water partition coefficient (Wildman–Crippen LogP) is 3.56. The molecule has 0 unspecified atom stereocenters. The fourth-order valence-corrected chi connectivity index (χ4v) is 1.59. The van der Waals surface area contributed by atoms with Crippen molar-refractivity contribution in [1.29, 1.82) is 5.26 Å². The molecule has 3 heteroatoms. The van der Waals surface area contributed by atoms with Gasteiger partial charge < -0.3 is 5.73 Å². The minimum absolute atomic E-state index is 0. The maximum atomic E-state index is 8.66. The molecule has 0 radical (unpaired) electrons. The summed E-state index contributed by atoms with van der Waals surface area (Å²) in [5, 5.41) is 8.66. The van der Waals surface area contributed by atoms with Crippen LogP contribution in [0.2, 0.25) is 0 Å². The first-order valence-electron chi connectivity index (χ1n) is 5.53. The predicted molar refractivity (Wildman–Crippen MR) is 69.5 cm³/mol. The van der Waals surface area contributed by atoms with Crippen molar-refractivity contribution < 1.29 is 0 Å². The summed E-state index contributed by atoms with van der Waals surface area (Å²) in [6.07, 6.45) is 4.67. The third-order valence-corrected chi connectivity index (χ3v) is 2.59. The summed E-state index contributed by atoms with van der Waals surface area (Å²) in [7, 11) is 0. The maximum Gasteiger partial charge on any atom is 0.0991 e. The zero-order chi connectivity index (χ0) is 11.1. The van der Waals surface area contributed by atoms with Gasteiger partial charge in [0, 0.05) is 6.04 Å². The quantitative estimate of drug-likeness (QED) is 0.798. The summed E-state index contributed by atoms with van der Waals surface area (Å²) < 4.78 is 0. The molecule has 2 N–H and O–H groups in total. The van der Waals surface area contributed by atoms with Crippen LogP contribution in [0, 0.1) is 11.3 Å². The molecule has 0 aliphatic rings. The summed E-state index contributed by atoms with van der Waals surface area (Å²) in [6.45, 7) is 2.19. The van der Waals surface area contributed by atoms with Crippen LogP contribution in [0.3, 0.4) is 0 Å². The van der Waals surface area contributed by atoms with E-state index < -0.39 is 0 Å². The normalized spacial score (nSPS) is 11.3. The average molecular weight is 239 g/mol. The van der Waals surface area contributed by atoms with Gasteiger partial charge in [-0.2, -0.15) is 5.26 Å². The molecule has 0 spiro atoms. The van der Waals surface area contributed by atoms with Crippen molar-refractivity contribution in [3.8, 4) is 6.07 Å². The summed E-state index contributed by atoms with van der Waals surface area (Å²) in [5.41, 5.74) is 7.87. The average Bonchev–Trinajstić information content (AvgIpc) is 2.29. The molecular weight excluding hydrogens is 220 g/mol. The van der Waals surface area contributed by atoms with Gasteiger partial charge in [0.1, 0.15) is 0 Å². The molecule has 0 aliphatic heterocycles. The third-order valence-electron chi connectivity index (χ3n) is 2.59. The number of hydrogen-bond donors (Lipinski definition) is 1. The highest BCUT2D eigenvalue weighted by atomic mass is 35.5. The van der Waals surface area contributed by atoms with Gasteiger partial charge in [0.25, 0.3) is 0 Å². The summed E-state index contributed by atoms with van der Waals surface area (Å²) >= 11 is 0. The number of hydrogen-bond acceptors (Lipinski definition) is 2. The van der Waals surface area contributed by atoms with E-state index >= 15 is 0 Å². The minimum Gasteiger partial charge on any atom is -0.324 e. The lowest BCUT2D eigenvalue weighted by Crippen LogP contribution is -2.09. The Bertz CT molecular complexity index is 327. The van der Waals surface area contributed by atoms with E-state index in [1.807, 2.05) is 24.3 Å². The van der Waals surface area contributed by atoms with Crippen LogP contribution in [0.25, 0.3) is 0 Å². The smallest absolute Gasteiger partial charge is 0.0991 e. The Hall–Kier alpha value is -1.04. The number of rotatable bonds is 5. The van der Waals surface area contributed by atoms with Crippen molar-refractivity contribution in [1.82, 2.24) is 0 Å². The van der Waals surface area contributed by atoms with Gasteiger partial charge in [0.2, 0.25) is 0 Å². The molecule has 0 saturated heterocycles. The Morgan fingerprint density at radius 3 is 2.38 bits per heavy atom. The Kier molecular flexibility index (Phi) is 7.62. The van der Waals surface area contributed by atoms with Crippen molar-refractivity contribution in [2.24, 2.45) is 5.73 Å². The fraction of sp³-hybridized carbons (Fsp3) is 0.462. The number of halogens is 1. The van der Waals surface area contributed by atoms with Gasteiger partial charge in [-0.05, 0) is 24.1 Å². The van der Waals surface area contributed by atoms with E-state index in [-0.39, 0.29) is 18.4 Å². The number of nitrogens with zero attached hydrogens (tertiary/aromatic N) is 1. The lowest BCUT2D eigenvalue weighted by atomic mass is 10.0. The van der Waals surface area contributed by atoms with Crippen LogP contribution in [-0.2, 0) is 0 Å². The van der Waals surface area contributed by atoms with E-state index in [4.69, 9.17) is 11.0 Å². The Labute approximate surface area is 104 Å². The number of nitrogens with two attached hydrogens (primary N) is 1. The largest absolute Gasteiger partial charge is 0.324 e. The van der Waals surface area contributed by atoms with Gasteiger partial charge in [-0.25, -0.2) is 0 Å². The van der Waals surface area contributed by atoms with Gasteiger partial charge >= 0.3 is 0 Å². The van der Waals surface area contributed by atoms with Gasteiger partial charge in [-0.15, -0.1) is 12.4 Å². The maximum absolute atomic E-state index is 8.66. The molecule has 0 heterocycles. The molecule has 1 rings (SSSR count).